The Morgan fingerprint density at radius 2 is 2.29 bits per heavy atom. The van der Waals surface area contributed by atoms with Crippen molar-refractivity contribution in [2.75, 3.05) is 6.54 Å². The molecule has 0 bridgehead atoms. The van der Waals surface area contributed by atoms with Gasteiger partial charge in [-0.2, -0.15) is 0 Å². The molecule has 2 aromatic rings. The lowest BCUT2D eigenvalue weighted by Crippen LogP contribution is -2.39. The van der Waals surface area contributed by atoms with Crippen LogP contribution < -0.4 is 10.00 Å². The molecule has 0 fully saturated rings. The summed E-state index contributed by atoms with van der Waals surface area (Å²) >= 11 is 1.55. The highest BCUT2D eigenvalue weighted by Gasteiger charge is 2.10. The number of carbonyl (C=O) groups is 2. The van der Waals surface area contributed by atoms with Crippen LogP contribution in [0.4, 0.5) is 0 Å². The number of carboxylic acids is 1. The number of hydrogen-bond donors (Lipinski definition) is 2. The van der Waals surface area contributed by atoms with Gasteiger partial charge in [0.05, 0.1) is 10.6 Å². The first-order chi connectivity index (χ1) is 10.1. The minimum atomic E-state index is -0.881. The fourth-order valence-electron chi connectivity index (χ4n) is 1.62. The van der Waals surface area contributed by atoms with Gasteiger partial charge in [0.15, 0.2) is 12.7 Å². The summed E-state index contributed by atoms with van der Waals surface area (Å²) in [5.74, 6) is -1.09. The van der Waals surface area contributed by atoms with Crippen molar-refractivity contribution in [3.05, 3.63) is 40.6 Å². The molecule has 2 aromatic heterocycles. The van der Waals surface area contributed by atoms with Gasteiger partial charge in [0.1, 0.15) is 12.6 Å². The van der Waals surface area contributed by atoms with Crippen LogP contribution in [0.1, 0.15) is 21.8 Å². The highest BCUT2D eigenvalue weighted by molar-refractivity contribution is 7.09. The van der Waals surface area contributed by atoms with E-state index in [2.05, 4.69) is 15.4 Å². The molecule has 110 valence electrons. The molecular weight excluding hydrogens is 292 g/mol. The molecule has 7 nitrogen and oxygen atoms in total. The zero-order chi connectivity index (χ0) is 15.1. The summed E-state index contributed by atoms with van der Waals surface area (Å²) in [6, 6.07) is 1.62. The maximum Gasteiger partial charge on any atom is 0.309 e. The Morgan fingerprint density at radius 3 is 2.90 bits per heavy atom. The molecule has 8 heteroatoms. The van der Waals surface area contributed by atoms with Crippen LogP contribution in [0.3, 0.4) is 0 Å². The number of aryl methyl sites for hydroxylation is 1. The average Bonchev–Trinajstić information content (AvgIpc) is 2.99. The lowest BCUT2D eigenvalue weighted by molar-refractivity contribution is -0.753. The second-order valence-electron chi connectivity index (χ2n) is 4.25. The number of rotatable bonds is 7. The van der Waals surface area contributed by atoms with Crippen LogP contribution in [-0.4, -0.2) is 33.6 Å². The van der Waals surface area contributed by atoms with Crippen molar-refractivity contribution in [2.24, 2.45) is 0 Å². The number of aliphatic carboxylic acids is 1. The molecule has 2 rings (SSSR count). The SMILES string of the molecule is O=C(O)CC[n+]1ccc(C(=O)NCCc2nccs2)cn1. The van der Waals surface area contributed by atoms with E-state index in [1.165, 1.54) is 10.9 Å². The van der Waals surface area contributed by atoms with Crippen molar-refractivity contribution >= 4 is 23.2 Å². The third kappa shape index (κ3) is 4.92. The van der Waals surface area contributed by atoms with Crippen LogP contribution in [0, 0.1) is 0 Å². The Hall–Kier alpha value is -2.35. The zero-order valence-corrected chi connectivity index (χ0v) is 12.0. The summed E-state index contributed by atoms with van der Waals surface area (Å²) in [5, 5.41) is 18.3. The van der Waals surface area contributed by atoms with Crippen LogP contribution in [-0.2, 0) is 17.8 Å². The Balaban J connectivity index is 1.80. The van der Waals surface area contributed by atoms with Crippen LogP contribution in [0.15, 0.2) is 30.0 Å². The third-order valence-electron chi connectivity index (χ3n) is 2.70. The van der Waals surface area contributed by atoms with Crippen molar-refractivity contribution < 1.29 is 19.4 Å². The van der Waals surface area contributed by atoms with Gasteiger partial charge in [0.2, 0.25) is 0 Å². The summed E-state index contributed by atoms with van der Waals surface area (Å²) < 4.78 is 1.49. The van der Waals surface area contributed by atoms with Gasteiger partial charge in [0, 0.05) is 30.6 Å². The number of carbonyl (C=O) groups excluding carboxylic acids is 1. The summed E-state index contributed by atoms with van der Waals surface area (Å²) in [6.07, 6.45) is 5.46. The van der Waals surface area contributed by atoms with Crippen molar-refractivity contribution in [1.82, 2.24) is 15.4 Å². The number of amides is 1. The predicted octanol–water partition coefficient (Wildman–Crippen LogP) is 0.273. The van der Waals surface area contributed by atoms with E-state index in [0.29, 0.717) is 18.5 Å². The Bertz CT molecular complexity index is 598. The normalized spacial score (nSPS) is 10.3. The van der Waals surface area contributed by atoms with Gasteiger partial charge < -0.3 is 10.4 Å². The van der Waals surface area contributed by atoms with Crippen molar-refractivity contribution in [3.63, 3.8) is 0 Å². The predicted molar refractivity (Wildman–Crippen MR) is 74.8 cm³/mol. The molecular formula is C13H15N4O3S+. The molecule has 0 aliphatic carbocycles. The van der Waals surface area contributed by atoms with Crippen LogP contribution >= 0.6 is 11.3 Å². The first-order valence-electron chi connectivity index (χ1n) is 6.39. The monoisotopic (exact) mass is 307 g/mol. The number of nitrogens with one attached hydrogen (secondary N) is 1. The van der Waals surface area contributed by atoms with Gasteiger partial charge in [-0.25, -0.2) is 4.98 Å². The molecule has 0 saturated heterocycles. The largest absolute Gasteiger partial charge is 0.481 e. The summed E-state index contributed by atoms with van der Waals surface area (Å²) in [7, 11) is 0. The lowest BCUT2D eigenvalue weighted by Gasteiger charge is -2.02. The van der Waals surface area contributed by atoms with Gasteiger partial charge >= 0.3 is 5.97 Å². The van der Waals surface area contributed by atoms with Crippen LogP contribution in [0.25, 0.3) is 0 Å². The molecule has 2 heterocycles. The average molecular weight is 307 g/mol. The molecule has 2 N–H and O–H groups in total. The number of aromatic nitrogens is 3. The fourth-order valence-corrected chi connectivity index (χ4v) is 2.24. The molecule has 0 atom stereocenters. The zero-order valence-electron chi connectivity index (χ0n) is 11.2. The lowest BCUT2D eigenvalue weighted by atomic mass is 10.3. The molecule has 21 heavy (non-hydrogen) atoms. The van der Waals surface area contributed by atoms with Crippen molar-refractivity contribution in [2.45, 2.75) is 19.4 Å². The Morgan fingerprint density at radius 1 is 1.43 bits per heavy atom. The van der Waals surface area contributed by atoms with Crippen LogP contribution in [0.5, 0.6) is 0 Å². The standard InChI is InChI=1S/C13H14N4O3S/c18-12(19)3-7-17-6-2-10(9-16-17)13(20)15-4-1-11-14-5-8-21-11/h2,5-6,8-9H,1,3-4,7H2,(H-,15,18,19,20)/p+1. The summed E-state index contributed by atoms with van der Waals surface area (Å²) in [6.45, 7) is 0.793. The second kappa shape index (κ2) is 7.44. The molecule has 0 aliphatic rings. The van der Waals surface area contributed by atoms with E-state index < -0.39 is 5.97 Å². The van der Waals surface area contributed by atoms with E-state index in [0.717, 1.165) is 5.01 Å². The first-order valence-corrected chi connectivity index (χ1v) is 7.27. The quantitative estimate of drug-likeness (QED) is 0.716. The fraction of sp³-hybridized carbons (Fsp3) is 0.308. The number of thiazole rings is 1. The minimum absolute atomic E-state index is 0.00295. The number of hydrogen-bond acceptors (Lipinski definition) is 5. The maximum absolute atomic E-state index is 11.9. The summed E-state index contributed by atoms with van der Waals surface area (Å²) in [5.41, 5.74) is 0.445. The third-order valence-corrected chi connectivity index (χ3v) is 3.54. The Labute approximate surface area is 125 Å². The van der Waals surface area contributed by atoms with E-state index in [9.17, 15) is 9.59 Å². The van der Waals surface area contributed by atoms with E-state index in [1.807, 2.05) is 5.38 Å². The van der Waals surface area contributed by atoms with E-state index >= 15 is 0 Å². The summed E-state index contributed by atoms with van der Waals surface area (Å²) in [4.78, 5) is 26.5. The topological polar surface area (TPSA) is 96.1 Å². The second-order valence-corrected chi connectivity index (χ2v) is 5.23. The van der Waals surface area contributed by atoms with Crippen LogP contribution in [0.2, 0.25) is 0 Å². The molecule has 0 spiro atoms. The van der Waals surface area contributed by atoms with Crippen molar-refractivity contribution in [3.8, 4) is 0 Å². The molecule has 0 aliphatic heterocycles. The molecule has 0 aromatic carbocycles. The minimum Gasteiger partial charge on any atom is -0.481 e. The number of carboxylic acid groups (broad SMARTS) is 1. The highest BCUT2D eigenvalue weighted by Crippen LogP contribution is 2.03. The van der Waals surface area contributed by atoms with Crippen molar-refractivity contribution in [1.29, 1.82) is 0 Å². The van der Waals surface area contributed by atoms with Gasteiger partial charge in [-0.3, -0.25) is 9.59 Å². The maximum atomic E-state index is 11.9. The van der Waals surface area contributed by atoms with E-state index in [1.54, 1.807) is 29.8 Å². The molecule has 0 unspecified atom stereocenters. The molecule has 0 radical (unpaired) electrons. The molecule has 1 amide bonds. The highest BCUT2D eigenvalue weighted by atomic mass is 32.1. The first kappa shape index (κ1) is 15.0. The number of nitrogens with zero attached hydrogens (tertiary/aromatic N) is 3. The van der Waals surface area contributed by atoms with Gasteiger partial charge in [-0.15, -0.1) is 11.3 Å². The molecule has 0 saturated carbocycles. The smallest absolute Gasteiger partial charge is 0.309 e. The van der Waals surface area contributed by atoms with E-state index in [-0.39, 0.29) is 18.9 Å². The van der Waals surface area contributed by atoms with Gasteiger partial charge in [-0.1, -0.05) is 4.68 Å². The Kier molecular flexibility index (Phi) is 5.33. The van der Waals surface area contributed by atoms with E-state index in [4.69, 9.17) is 5.11 Å². The van der Waals surface area contributed by atoms with Gasteiger partial charge in [-0.05, 0) is 5.10 Å². The van der Waals surface area contributed by atoms with Gasteiger partial charge in [0.25, 0.3) is 5.91 Å².